The van der Waals surface area contributed by atoms with Gasteiger partial charge in [-0.3, -0.25) is 0 Å². The standard InChI is InChI=1S/C78H53N3/c1-4-20-64(21-5-1)79(69-46-40-58-48-56(32-34-60(58)50-69)54-36-42-67(43-37-54)80(65-22-6-2-7-23-65)77-52-62-18-10-12-26-71(62)73-28-14-16-30-75(73)77)70-47-41-59-49-57(33-35-61(59)51-70)55-38-44-68(45-39-55)81(66-24-8-3-9-25-66)78-53-63-19-11-13-27-72(63)74-29-15-17-31-76(74)78/h1-53H. The molecule has 0 aliphatic carbocycles. The van der Waals surface area contributed by atoms with Gasteiger partial charge in [-0.25, -0.2) is 0 Å². The lowest BCUT2D eigenvalue weighted by Gasteiger charge is -2.27. The van der Waals surface area contributed by atoms with Crippen LogP contribution in [0, 0.1) is 0 Å². The van der Waals surface area contributed by atoms with E-state index in [1.54, 1.807) is 0 Å². The third-order valence-corrected chi connectivity index (χ3v) is 16.1. The Bertz CT molecular complexity index is 4520. The molecule has 0 spiro atoms. The van der Waals surface area contributed by atoms with Crippen molar-refractivity contribution < 1.29 is 0 Å². The predicted octanol–water partition coefficient (Wildman–Crippen LogP) is 22.3. The average molecular weight is 1030 g/mol. The molecule has 15 rings (SSSR count). The van der Waals surface area contributed by atoms with E-state index in [1.807, 2.05) is 0 Å². The van der Waals surface area contributed by atoms with Gasteiger partial charge in [0, 0.05) is 50.6 Å². The molecule has 380 valence electrons. The van der Waals surface area contributed by atoms with Crippen LogP contribution >= 0.6 is 0 Å². The molecule has 0 bridgehead atoms. The van der Waals surface area contributed by atoms with Gasteiger partial charge in [0.1, 0.15) is 0 Å². The van der Waals surface area contributed by atoms with Crippen molar-refractivity contribution in [2.75, 3.05) is 14.7 Å². The molecule has 81 heavy (non-hydrogen) atoms. The summed E-state index contributed by atoms with van der Waals surface area (Å²) in [5.74, 6) is 0. The number of hydrogen-bond donors (Lipinski definition) is 0. The summed E-state index contributed by atoms with van der Waals surface area (Å²) in [6, 6.07) is 117. The van der Waals surface area contributed by atoms with Gasteiger partial charge < -0.3 is 14.7 Å². The van der Waals surface area contributed by atoms with Gasteiger partial charge in [0.25, 0.3) is 0 Å². The predicted molar refractivity (Wildman–Crippen MR) is 346 cm³/mol. The average Bonchev–Trinajstić information content (AvgIpc) is 3.70. The molecule has 0 heterocycles. The molecule has 0 fully saturated rings. The Morgan fingerprint density at radius 1 is 0.148 bits per heavy atom. The maximum atomic E-state index is 2.39. The van der Waals surface area contributed by atoms with Crippen LogP contribution in [0.2, 0.25) is 0 Å². The zero-order valence-electron chi connectivity index (χ0n) is 44.4. The van der Waals surface area contributed by atoms with E-state index in [9.17, 15) is 0 Å². The van der Waals surface area contributed by atoms with E-state index in [4.69, 9.17) is 0 Å². The van der Waals surface area contributed by atoms with Crippen molar-refractivity contribution in [3.05, 3.63) is 322 Å². The lowest BCUT2D eigenvalue weighted by atomic mass is 9.98. The van der Waals surface area contributed by atoms with Gasteiger partial charge in [-0.15, -0.1) is 0 Å². The summed E-state index contributed by atoms with van der Waals surface area (Å²) in [6.45, 7) is 0. The van der Waals surface area contributed by atoms with Crippen LogP contribution in [0.5, 0.6) is 0 Å². The first kappa shape index (κ1) is 47.5. The van der Waals surface area contributed by atoms with Crippen molar-refractivity contribution in [3.8, 4) is 22.3 Å². The van der Waals surface area contributed by atoms with Crippen molar-refractivity contribution in [1.82, 2.24) is 0 Å². The maximum Gasteiger partial charge on any atom is 0.0546 e. The second-order valence-electron chi connectivity index (χ2n) is 20.9. The number of para-hydroxylation sites is 3. The number of benzene rings is 15. The van der Waals surface area contributed by atoms with Gasteiger partial charge in [0.05, 0.1) is 11.4 Å². The minimum Gasteiger partial charge on any atom is -0.310 e. The molecule has 0 aliphatic rings. The van der Waals surface area contributed by atoms with Crippen LogP contribution in [0.4, 0.5) is 51.2 Å². The molecule has 0 amide bonds. The molecular formula is C78H53N3. The van der Waals surface area contributed by atoms with Crippen molar-refractivity contribution in [2.45, 2.75) is 0 Å². The lowest BCUT2D eigenvalue weighted by Crippen LogP contribution is -2.10. The van der Waals surface area contributed by atoms with Gasteiger partial charge in [0.2, 0.25) is 0 Å². The number of rotatable bonds is 11. The minimum absolute atomic E-state index is 1.10. The zero-order valence-corrected chi connectivity index (χ0v) is 44.4. The first-order chi connectivity index (χ1) is 40.1. The number of fused-ring (bicyclic) bond motifs is 8. The Morgan fingerprint density at radius 3 is 0.840 bits per heavy atom. The van der Waals surface area contributed by atoms with Crippen LogP contribution in [-0.4, -0.2) is 0 Å². The van der Waals surface area contributed by atoms with Crippen LogP contribution in [0.15, 0.2) is 322 Å². The maximum absolute atomic E-state index is 2.39. The van der Waals surface area contributed by atoms with Crippen molar-refractivity contribution in [3.63, 3.8) is 0 Å². The lowest BCUT2D eigenvalue weighted by molar-refractivity contribution is 1.29. The van der Waals surface area contributed by atoms with Crippen LogP contribution in [0.1, 0.15) is 0 Å². The molecule has 0 atom stereocenters. The highest BCUT2D eigenvalue weighted by Gasteiger charge is 2.20. The molecule has 15 aromatic rings. The van der Waals surface area contributed by atoms with Crippen LogP contribution in [-0.2, 0) is 0 Å². The molecule has 0 aromatic heterocycles. The Hall–Kier alpha value is -10.7. The van der Waals surface area contributed by atoms with Crippen LogP contribution in [0.3, 0.4) is 0 Å². The molecule has 3 nitrogen and oxygen atoms in total. The second kappa shape index (κ2) is 20.2. The summed E-state index contributed by atoms with van der Waals surface area (Å²) in [5, 5.41) is 14.6. The third kappa shape index (κ3) is 8.75. The molecule has 15 aromatic carbocycles. The zero-order chi connectivity index (χ0) is 53.6. The molecular weight excluding hydrogens is 979 g/mol. The van der Waals surface area contributed by atoms with E-state index in [1.165, 1.54) is 86.9 Å². The molecule has 0 aliphatic heterocycles. The largest absolute Gasteiger partial charge is 0.310 e. The highest BCUT2D eigenvalue weighted by Crippen LogP contribution is 2.45. The summed E-state index contributed by atoms with van der Waals surface area (Å²) in [7, 11) is 0. The molecule has 0 radical (unpaired) electrons. The summed E-state index contributed by atoms with van der Waals surface area (Å²) in [4.78, 5) is 7.15. The molecule has 0 unspecified atom stereocenters. The van der Waals surface area contributed by atoms with E-state index in [0.717, 1.165) is 51.2 Å². The van der Waals surface area contributed by atoms with Gasteiger partial charge >= 0.3 is 0 Å². The number of nitrogens with zero attached hydrogens (tertiary/aromatic N) is 3. The Balaban J connectivity index is 0.725. The summed E-state index contributed by atoms with van der Waals surface area (Å²) in [6.07, 6.45) is 0. The van der Waals surface area contributed by atoms with Crippen molar-refractivity contribution in [2.24, 2.45) is 0 Å². The topological polar surface area (TPSA) is 9.72 Å². The number of anilines is 9. The monoisotopic (exact) mass is 1030 g/mol. The number of hydrogen-bond acceptors (Lipinski definition) is 3. The van der Waals surface area contributed by atoms with E-state index in [0.29, 0.717) is 0 Å². The molecule has 0 N–H and O–H groups in total. The van der Waals surface area contributed by atoms with E-state index >= 15 is 0 Å². The van der Waals surface area contributed by atoms with Crippen LogP contribution in [0.25, 0.3) is 86.9 Å². The normalized spacial score (nSPS) is 11.5. The van der Waals surface area contributed by atoms with Gasteiger partial charge in [-0.05, 0) is 185 Å². The van der Waals surface area contributed by atoms with Gasteiger partial charge in [-0.2, -0.15) is 0 Å². The van der Waals surface area contributed by atoms with E-state index in [2.05, 4.69) is 336 Å². The first-order valence-corrected chi connectivity index (χ1v) is 27.8. The van der Waals surface area contributed by atoms with E-state index in [-0.39, 0.29) is 0 Å². The second-order valence-corrected chi connectivity index (χ2v) is 20.9. The fourth-order valence-corrected chi connectivity index (χ4v) is 12.2. The fraction of sp³-hybridized carbons (Fsp3) is 0. The SMILES string of the molecule is c1ccc(N(c2ccc3cc(-c4ccc(N(c5ccccc5)c5cc6ccccc6c6ccccc56)cc4)ccc3c2)c2ccc3cc(-c4ccc(N(c5ccccc5)c5cc6ccccc6c6ccccc56)cc4)ccc3c2)cc1. The Labute approximate surface area is 471 Å². The quantitative estimate of drug-likeness (QED) is 0.120. The minimum atomic E-state index is 1.10. The molecule has 3 heteroatoms. The molecule has 0 saturated carbocycles. The van der Waals surface area contributed by atoms with Crippen LogP contribution < -0.4 is 14.7 Å². The van der Waals surface area contributed by atoms with Gasteiger partial charge in [-0.1, -0.05) is 212 Å². The fourth-order valence-electron chi connectivity index (χ4n) is 12.2. The molecule has 0 saturated heterocycles. The van der Waals surface area contributed by atoms with Crippen molar-refractivity contribution >= 4 is 116 Å². The Kier molecular flexibility index (Phi) is 11.9. The first-order valence-electron chi connectivity index (χ1n) is 27.8. The van der Waals surface area contributed by atoms with E-state index < -0.39 is 0 Å². The van der Waals surface area contributed by atoms with Crippen molar-refractivity contribution in [1.29, 1.82) is 0 Å². The summed E-state index contributed by atoms with van der Waals surface area (Å²) < 4.78 is 0. The Morgan fingerprint density at radius 2 is 0.432 bits per heavy atom. The highest BCUT2D eigenvalue weighted by molar-refractivity contribution is 6.16. The smallest absolute Gasteiger partial charge is 0.0546 e. The third-order valence-electron chi connectivity index (χ3n) is 16.1. The summed E-state index contributed by atoms with van der Waals surface area (Å²) in [5.41, 5.74) is 14.8. The highest BCUT2D eigenvalue weighted by atomic mass is 15.2. The summed E-state index contributed by atoms with van der Waals surface area (Å²) >= 11 is 0. The van der Waals surface area contributed by atoms with Gasteiger partial charge in [0.15, 0.2) is 0 Å².